The van der Waals surface area contributed by atoms with Crippen LogP contribution in [0.4, 0.5) is 5.69 Å². The number of halogens is 2. The van der Waals surface area contributed by atoms with Gasteiger partial charge in [0.1, 0.15) is 10.7 Å². The van der Waals surface area contributed by atoms with Crippen LogP contribution in [0.2, 0.25) is 10.0 Å². The summed E-state index contributed by atoms with van der Waals surface area (Å²) in [5.41, 5.74) is 2.66. The van der Waals surface area contributed by atoms with E-state index in [1.54, 1.807) is 24.3 Å². The smallest absolute Gasteiger partial charge is 0.271 e. The summed E-state index contributed by atoms with van der Waals surface area (Å²) >= 11 is 11.8. The summed E-state index contributed by atoms with van der Waals surface area (Å²) in [6.45, 7) is 0. The summed E-state index contributed by atoms with van der Waals surface area (Å²) in [6.07, 6.45) is 2.78. The molecule has 144 valence electrons. The molecule has 3 rings (SSSR count). The van der Waals surface area contributed by atoms with Crippen molar-refractivity contribution in [3.05, 3.63) is 82.2 Å². The fourth-order valence-electron chi connectivity index (χ4n) is 2.16. The molecule has 2 N–H and O–H groups in total. The number of carbonyl (C=O) groups is 1. The average molecular weight is 438 g/mol. The van der Waals surface area contributed by atoms with Crippen molar-refractivity contribution in [1.82, 2.24) is 5.43 Å². The largest absolute Gasteiger partial charge is 0.463 e. The van der Waals surface area contributed by atoms with Gasteiger partial charge in [0.25, 0.3) is 15.9 Å². The first kappa shape index (κ1) is 19.9. The molecule has 0 bridgehead atoms. The second-order valence-electron chi connectivity index (χ2n) is 5.47. The number of hydrogen-bond donors (Lipinski definition) is 2. The molecule has 0 saturated heterocycles. The fraction of sp³-hybridized carbons (Fsp3) is 0. The molecule has 10 heteroatoms. The van der Waals surface area contributed by atoms with Crippen molar-refractivity contribution >= 4 is 51.0 Å². The van der Waals surface area contributed by atoms with E-state index >= 15 is 0 Å². The van der Waals surface area contributed by atoms with Crippen molar-refractivity contribution in [2.75, 3.05) is 4.72 Å². The molecular weight excluding hydrogens is 425 g/mol. The highest BCUT2D eigenvalue weighted by atomic mass is 35.5. The summed E-state index contributed by atoms with van der Waals surface area (Å²) in [7, 11) is -4.03. The van der Waals surface area contributed by atoms with Crippen molar-refractivity contribution < 1.29 is 17.6 Å². The number of rotatable bonds is 6. The summed E-state index contributed by atoms with van der Waals surface area (Å²) in [5.74, 6) is -0.158. The van der Waals surface area contributed by atoms with Gasteiger partial charge in [-0.2, -0.15) is 5.10 Å². The first-order valence-corrected chi connectivity index (χ1v) is 10.0. The zero-order valence-corrected chi connectivity index (χ0v) is 16.4. The topological polar surface area (TPSA) is 101 Å². The van der Waals surface area contributed by atoms with Gasteiger partial charge in [-0.25, -0.2) is 13.8 Å². The van der Waals surface area contributed by atoms with Gasteiger partial charge in [0.2, 0.25) is 0 Å². The van der Waals surface area contributed by atoms with E-state index in [2.05, 4.69) is 15.2 Å². The SMILES string of the molecule is O=C(NN=Cc1ccco1)c1ccc(Cl)c(S(=O)(=O)Nc2ccc(Cl)cc2)c1. The number of hydrazone groups is 1. The third-order valence-electron chi connectivity index (χ3n) is 3.48. The van der Waals surface area contributed by atoms with Gasteiger partial charge in [-0.05, 0) is 54.6 Å². The third-order valence-corrected chi connectivity index (χ3v) is 5.60. The van der Waals surface area contributed by atoms with E-state index < -0.39 is 15.9 Å². The Hall–Kier alpha value is -2.81. The van der Waals surface area contributed by atoms with Crippen LogP contribution in [-0.2, 0) is 10.0 Å². The highest BCUT2D eigenvalue weighted by Gasteiger charge is 2.20. The summed E-state index contributed by atoms with van der Waals surface area (Å²) < 4.78 is 32.7. The molecule has 1 aromatic heterocycles. The maximum Gasteiger partial charge on any atom is 0.271 e. The van der Waals surface area contributed by atoms with Crippen molar-refractivity contribution in [3.63, 3.8) is 0 Å². The number of carbonyl (C=O) groups excluding carboxylic acids is 1. The van der Waals surface area contributed by atoms with Gasteiger partial charge in [0.15, 0.2) is 0 Å². The van der Waals surface area contributed by atoms with Gasteiger partial charge >= 0.3 is 0 Å². The maximum atomic E-state index is 12.6. The number of furan rings is 1. The zero-order chi connectivity index (χ0) is 20.1. The first-order valence-electron chi connectivity index (χ1n) is 7.80. The molecule has 0 radical (unpaired) electrons. The predicted molar refractivity (Wildman–Crippen MR) is 107 cm³/mol. The molecule has 0 unspecified atom stereocenters. The fourth-order valence-corrected chi connectivity index (χ4v) is 3.87. The number of sulfonamides is 1. The molecular formula is C18H13Cl2N3O4S. The average Bonchev–Trinajstić information content (AvgIpc) is 3.17. The number of hydrogen-bond acceptors (Lipinski definition) is 5. The second kappa shape index (κ2) is 8.47. The normalized spacial score (nSPS) is 11.5. The molecule has 0 aliphatic carbocycles. The molecule has 2 aromatic carbocycles. The number of nitrogens with zero attached hydrogens (tertiary/aromatic N) is 1. The molecule has 0 spiro atoms. The van der Waals surface area contributed by atoms with Crippen molar-refractivity contribution in [2.24, 2.45) is 5.10 Å². The highest BCUT2D eigenvalue weighted by molar-refractivity contribution is 7.92. The van der Waals surface area contributed by atoms with E-state index in [4.69, 9.17) is 27.6 Å². The van der Waals surface area contributed by atoms with E-state index in [1.807, 2.05) is 0 Å². The van der Waals surface area contributed by atoms with Crippen LogP contribution in [-0.4, -0.2) is 20.5 Å². The molecule has 0 atom stereocenters. The van der Waals surface area contributed by atoms with Crippen LogP contribution in [0.3, 0.4) is 0 Å². The van der Waals surface area contributed by atoms with Gasteiger partial charge in [-0.3, -0.25) is 9.52 Å². The molecule has 3 aromatic rings. The van der Waals surface area contributed by atoms with Crippen LogP contribution in [0.25, 0.3) is 0 Å². The molecule has 1 amide bonds. The Kier molecular flexibility index (Phi) is 6.03. The van der Waals surface area contributed by atoms with Crippen molar-refractivity contribution in [1.29, 1.82) is 0 Å². The van der Waals surface area contributed by atoms with Crippen LogP contribution in [0.1, 0.15) is 16.1 Å². The first-order chi connectivity index (χ1) is 13.3. The Morgan fingerprint density at radius 2 is 1.82 bits per heavy atom. The lowest BCUT2D eigenvalue weighted by Gasteiger charge is -2.11. The minimum Gasteiger partial charge on any atom is -0.463 e. The third kappa shape index (κ3) is 4.92. The van der Waals surface area contributed by atoms with E-state index in [9.17, 15) is 13.2 Å². The van der Waals surface area contributed by atoms with Crippen LogP contribution in [0.5, 0.6) is 0 Å². The Balaban J connectivity index is 1.80. The van der Waals surface area contributed by atoms with Gasteiger partial charge in [-0.15, -0.1) is 0 Å². The lowest BCUT2D eigenvalue weighted by atomic mass is 10.2. The Morgan fingerprint density at radius 1 is 1.07 bits per heavy atom. The lowest BCUT2D eigenvalue weighted by molar-refractivity contribution is 0.0955. The second-order valence-corrected chi connectivity index (χ2v) is 7.97. The van der Waals surface area contributed by atoms with Crippen LogP contribution in [0, 0.1) is 0 Å². The van der Waals surface area contributed by atoms with Crippen LogP contribution < -0.4 is 10.1 Å². The van der Waals surface area contributed by atoms with Gasteiger partial charge < -0.3 is 4.42 Å². The van der Waals surface area contributed by atoms with E-state index in [-0.39, 0.29) is 15.5 Å². The zero-order valence-electron chi connectivity index (χ0n) is 14.1. The molecule has 0 fully saturated rings. The van der Waals surface area contributed by atoms with E-state index in [0.717, 1.165) is 0 Å². The summed E-state index contributed by atoms with van der Waals surface area (Å²) in [6, 6.07) is 13.3. The number of benzene rings is 2. The quantitative estimate of drug-likeness (QED) is 0.446. The minimum atomic E-state index is -4.03. The van der Waals surface area contributed by atoms with Crippen LogP contribution >= 0.6 is 23.2 Å². The Labute approximate surface area is 171 Å². The number of nitrogens with one attached hydrogen (secondary N) is 2. The standard InChI is InChI=1S/C18H13Cl2N3O4S/c19-13-4-6-14(7-5-13)23-28(25,26)17-10-12(3-8-16(17)20)18(24)22-21-11-15-2-1-9-27-15/h1-11,23H,(H,22,24). The van der Waals surface area contributed by atoms with E-state index in [0.29, 0.717) is 16.5 Å². The molecule has 0 saturated carbocycles. The number of anilines is 1. The Morgan fingerprint density at radius 3 is 2.50 bits per heavy atom. The Bertz CT molecular complexity index is 1110. The van der Waals surface area contributed by atoms with Gasteiger partial charge in [-0.1, -0.05) is 23.2 Å². The van der Waals surface area contributed by atoms with Gasteiger partial charge in [0, 0.05) is 16.3 Å². The molecule has 0 aliphatic rings. The molecule has 0 aliphatic heterocycles. The molecule has 28 heavy (non-hydrogen) atoms. The minimum absolute atomic E-state index is 0.0305. The van der Waals surface area contributed by atoms with Crippen LogP contribution in [0.15, 0.2) is 75.3 Å². The van der Waals surface area contributed by atoms with Crippen molar-refractivity contribution in [3.8, 4) is 0 Å². The highest BCUT2D eigenvalue weighted by Crippen LogP contribution is 2.25. The number of amides is 1. The van der Waals surface area contributed by atoms with Gasteiger partial charge in [0.05, 0.1) is 17.5 Å². The lowest BCUT2D eigenvalue weighted by Crippen LogP contribution is -2.19. The van der Waals surface area contributed by atoms with E-state index in [1.165, 1.54) is 42.8 Å². The maximum absolute atomic E-state index is 12.6. The summed E-state index contributed by atoms with van der Waals surface area (Å²) in [5, 5.41) is 4.19. The molecule has 1 heterocycles. The predicted octanol–water partition coefficient (Wildman–Crippen LogP) is 4.15. The van der Waals surface area contributed by atoms with Crippen molar-refractivity contribution in [2.45, 2.75) is 4.90 Å². The summed E-state index contributed by atoms with van der Waals surface area (Å²) in [4.78, 5) is 12.0. The monoisotopic (exact) mass is 437 g/mol. The molecule has 7 nitrogen and oxygen atoms in total.